The molecule has 33 heavy (non-hydrogen) atoms. The minimum absolute atomic E-state index is 0.164. The molecule has 1 aliphatic heterocycles. The van der Waals surface area contributed by atoms with Crippen molar-refractivity contribution in [1.29, 1.82) is 0 Å². The van der Waals surface area contributed by atoms with Gasteiger partial charge in [-0.1, -0.05) is 12.8 Å². The average Bonchev–Trinajstić information content (AvgIpc) is 3.46. The first-order chi connectivity index (χ1) is 15.6. The second-order valence-electron chi connectivity index (χ2n) is 9.94. The van der Waals surface area contributed by atoms with Crippen molar-refractivity contribution in [2.24, 2.45) is 0 Å². The van der Waals surface area contributed by atoms with Gasteiger partial charge >= 0.3 is 6.18 Å². The van der Waals surface area contributed by atoms with Gasteiger partial charge in [-0.15, -0.1) is 0 Å². The third-order valence-corrected chi connectivity index (χ3v) is 9.72. The van der Waals surface area contributed by atoms with Crippen LogP contribution in [0, 0.1) is 0 Å². The van der Waals surface area contributed by atoms with Gasteiger partial charge in [0.25, 0.3) is 0 Å². The zero-order valence-corrected chi connectivity index (χ0v) is 20.3. The van der Waals surface area contributed by atoms with Crippen LogP contribution in [0.3, 0.4) is 0 Å². The van der Waals surface area contributed by atoms with Gasteiger partial charge in [-0.05, 0) is 64.2 Å². The summed E-state index contributed by atoms with van der Waals surface area (Å²) in [4.78, 5) is 3.60. The molecule has 0 spiro atoms. The van der Waals surface area contributed by atoms with Crippen molar-refractivity contribution >= 4 is 15.5 Å². The van der Waals surface area contributed by atoms with Crippen LogP contribution in [-0.4, -0.2) is 63.0 Å². The Balaban J connectivity index is 1.53. The van der Waals surface area contributed by atoms with Crippen LogP contribution >= 0.6 is 0 Å². The number of halogens is 3. The number of nitrogens with zero attached hydrogens (tertiary/aromatic N) is 2. The van der Waals surface area contributed by atoms with Gasteiger partial charge in [0, 0.05) is 37.9 Å². The molecule has 1 aromatic carbocycles. The lowest BCUT2D eigenvalue weighted by Gasteiger charge is -2.38. The van der Waals surface area contributed by atoms with Crippen molar-refractivity contribution in [2.45, 2.75) is 93.4 Å². The Hall–Kier alpha value is -1.32. The van der Waals surface area contributed by atoms with E-state index >= 15 is 0 Å². The van der Waals surface area contributed by atoms with E-state index < -0.39 is 31.7 Å². The summed E-state index contributed by atoms with van der Waals surface area (Å²) >= 11 is 0. The molecule has 186 valence electrons. The molecule has 0 N–H and O–H groups in total. The topological polar surface area (TPSA) is 49.9 Å². The number of ether oxygens (including phenoxy) is 1. The fraction of sp³-hybridized carbons (Fsp3) is 0.750. The molecule has 5 nitrogen and oxygen atoms in total. The first-order valence-corrected chi connectivity index (χ1v) is 13.7. The molecule has 0 radical (unpaired) electrons. The van der Waals surface area contributed by atoms with E-state index in [0.717, 1.165) is 44.8 Å². The molecule has 3 aliphatic rings. The molecule has 4 rings (SSSR count). The van der Waals surface area contributed by atoms with Gasteiger partial charge in [-0.3, -0.25) is 4.90 Å². The molecule has 0 aromatic heterocycles. The Morgan fingerprint density at radius 2 is 1.64 bits per heavy atom. The number of anilines is 1. The first kappa shape index (κ1) is 24.8. The van der Waals surface area contributed by atoms with Gasteiger partial charge in [0.15, 0.2) is 9.84 Å². The number of piperazine rings is 1. The van der Waals surface area contributed by atoms with Gasteiger partial charge < -0.3 is 9.64 Å². The van der Waals surface area contributed by atoms with Gasteiger partial charge in [-0.2, -0.15) is 13.2 Å². The average molecular weight is 489 g/mol. The Morgan fingerprint density at radius 3 is 2.24 bits per heavy atom. The monoisotopic (exact) mass is 488 g/mol. The maximum atomic E-state index is 14.0. The third-order valence-electron chi connectivity index (χ3n) is 7.45. The summed E-state index contributed by atoms with van der Waals surface area (Å²) in [7, 11) is -4.11. The van der Waals surface area contributed by atoms with Gasteiger partial charge in [0.1, 0.15) is 0 Å². The second kappa shape index (κ2) is 9.74. The molecule has 2 saturated carbocycles. The maximum absolute atomic E-state index is 14.0. The lowest BCUT2D eigenvalue weighted by molar-refractivity contribution is -0.139. The summed E-state index contributed by atoms with van der Waals surface area (Å²) in [6.45, 7) is 6.97. The fourth-order valence-corrected chi connectivity index (χ4v) is 7.48. The van der Waals surface area contributed by atoms with Gasteiger partial charge in [-0.25, -0.2) is 8.42 Å². The molecule has 0 amide bonds. The Labute approximate surface area is 195 Å². The van der Waals surface area contributed by atoms with E-state index in [1.54, 1.807) is 0 Å². The molecular formula is C24H35F3N2O3S. The first-order valence-electron chi connectivity index (χ1n) is 12.2. The molecule has 3 fully saturated rings. The van der Waals surface area contributed by atoms with E-state index in [-0.39, 0.29) is 18.6 Å². The minimum Gasteiger partial charge on any atom is -0.375 e. The molecule has 2 aliphatic carbocycles. The zero-order valence-electron chi connectivity index (χ0n) is 19.5. The van der Waals surface area contributed by atoms with Crippen molar-refractivity contribution in [2.75, 3.05) is 31.1 Å². The summed E-state index contributed by atoms with van der Waals surface area (Å²) in [5.41, 5.74) is -0.620. The Morgan fingerprint density at radius 1 is 0.970 bits per heavy atom. The highest BCUT2D eigenvalue weighted by Crippen LogP contribution is 2.41. The maximum Gasteiger partial charge on any atom is 0.417 e. The van der Waals surface area contributed by atoms with E-state index in [1.807, 2.05) is 4.90 Å². The highest BCUT2D eigenvalue weighted by Gasteiger charge is 2.43. The number of hydrogen-bond acceptors (Lipinski definition) is 5. The Bertz CT molecular complexity index is 921. The van der Waals surface area contributed by atoms with Crippen LogP contribution < -0.4 is 4.90 Å². The highest BCUT2D eigenvalue weighted by molar-refractivity contribution is 7.92. The summed E-state index contributed by atoms with van der Waals surface area (Å²) in [5.74, 6) is 0. The lowest BCUT2D eigenvalue weighted by Crippen LogP contribution is -2.49. The predicted octanol–water partition coefficient (Wildman–Crippen LogP) is 4.89. The summed E-state index contributed by atoms with van der Waals surface area (Å²) in [6, 6.07) is 4.12. The molecule has 0 bridgehead atoms. The van der Waals surface area contributed by atoms with E-state index in [9.17, 15) is 21.6 Å². The molecule has 9 heteroatoms. The normalized spacial score (nSPS) is 25.9. The molecule has 1 heterocycles. The van der Waals surface area contributed by atoms with E-state index in [0.29, 0.717) is 37.7 Å². The molecular weight excluding hydrogens is 453 g/mol. The largest absolute Gasteiger partial charge is 0.417 e. The number of alkyl halides is 3. The zero-order chi connectivity index (χ0) is 23.8. The van der Waals surface area contributed by atoms with Crippen LogP contribution in [-0.2, 0) is 20.8 Å². The molecule has 1 aromatic rings. The quantitative estimate of drug-likeness (QED) is 0.571. The van der Waals surface area contributed by atoms with Gasteiger partial charge in [0.2, 0.25) is 0 Å². The number of benzene rings is 1. The van der Waals surface area contributed by atoms with E-state index in [4.69, 9.17) is 4.74 Å². The van der Waals surface area contributed by atoms with Crippen molar-refractivity contribution in [3.05, 3.63) is 23.8 Å². The number of hydrogen-bond donors (Lipinski definition) is 0. The standard InChI is InChI=1S/C24H35F3N2O3S/c1-17(2)28-11-13-29(14-12-28)18-7-10-23(22(15-18)24(25,26)27)33(30,31)21-9-8-20(16-21)32-19-5-3-4-6-19/h7,10,15,17,19-21H,3-6,8-9,11-14,16H2,1-2H3/t20-,21-/m1/s1. The van der Waals surface area contributed by atoms with E-state index in [1.165, 1.54) is 12.1 Å². The third kappa shape index (κ3) is 5.51. The minimum atomic E-state index is -4.74. The lowest BCUT2D eigenvalue weighted by atomic mass is 10.1. The predicted molar refractivity (Wildman–Crippen MR) is 122 cm³/mol. The SMILES string of the molecule is CC(C)N1CCN(c2ccc(S(=O)(=O)[C@@H]3CC[C@@H](OC4CCCC4)C3)c(C(F)(F)F)c2)CC1. The van der Waals surface area contributed by atoms with Crippen molar-refractivity contribution in [3.8, 4) is 0 Å². The summed E-state index contributed by atoms with van der Waals surface area (Å²) < 4.78 is 74.7. The van der Waals surface area contributed by atoms with Gasteiger partial charge in [0.05, 0.1) is 27.9 Å². The highest BCUT2D eigenvalue weighted by atomic mass is 32.2. The molecule has 0 unspecified atom stereocenters. The molecule has 2 atom stereocenters. The smallest absolute Gasteiger partial charge is 0.375 e. The number of rotatable bonds is 6. The summed E-state index contributed by atoms with van der Waals surface area (Å²) in [5, 5.41) is -0.828. The Kier molecular flexibility index (Phi) is 7.32. The van der Waals surface area contributed by atoms with Crippen LogP contribution in [0.4, 0.5) is 18.9 Å². The van der Waals surface area contributed by atoms with Crippen LogP contribution in [0.1, 0.15) is 64.4 Å². The van der Waals surface area contributed by atoms with Crippen LogP contribution in [0.2, 0.25) is 0 Å². The second-order valence-corrected chi connectivity index (χ2v) is 12.1. The summed E-state index contributed by atoms with van der Waals surface area (Å²) in [6.07, 6.45) is 0.649. The fourth-order valence-electron chi connectivity index (χ4n) is 5.46. The van der Waals surface area contributed by atoms with E-state index in [2.05, 4.69) is 18.7 Å². The van der Waals surface area contributed by atoms with Crippen molar-refractivity contribution < 1.29 is 26.3 Å². The van der Waals surface area contributed by atoms with Crippen molar-refractivity contribution in [1.82, 2.24) is 4.90 Å². The van der Waals surface area contributed by atoms with Crippen molar-refractivity contribution in [3.63, 3.8) is 0 Å². The van der Waals surface area contributed by atoms with Crippen LogP contribution in [0.25, 0.3) is 0 Å². The molecule has 1 saturated heterocycles. The van der Waals surface area contributed by atoms with Crippen LogP contribution in [0.5, 0.6) is 0 Å². The van der Waals surface area contributed by atoms with Crippen LogP contribution in [0.15, 0.2) is 23.1 Å². The number of sulfone groups is 1.